The Kier molecular flexibility index (Phi) is 12.9. The molecule has 0 spiro atoms. The monoisotopic (exact) mass is 146 g/mol. The molecule has 0 unspecified atom stereocenters. The molecule has 0 atom stereocenters. The largest absolute Gasteiger partial charge is 0.381 e. The van der Waals surface area contributed by atoms with Crippen molar-refractivity contribution in [3.63, 3.8) is 0 Å². The molecule has 6 N–H and O–H groups in total. The number of nitrogens with one attached hydrogen (secondary N) is 2. The Hall–Kier alpha value is -0.940. The van der Waals surface area contributed by atoms with Crippen LogP contribution in [0.2, 0.25) is 0 Å². The Morgan fingerprint density at radius 2 is 2.20 bits per heavy atom. The van der Waals surface area contributed by atoms with Gasteiger partial charge in [-0.25, -0.2) is 0 Å². The van der Waals surface area contributed by atoms with Crippen LogP contribution in [0.15, 0.2) is 0 Å². The maximum Gasteiger partial charge on any atom is 0.184 e. The van der Waals surface area contributed by atoms with Gasteiger partial charge in [0, 0.05) is 13.1 Å². The zero-order chi connectivity index (χ0) is 8.41. The zero-order valence-electron chi connectivity index (χ0n) is 6.05. The fourth-order valence-electron chi connectivity index (χ4n) is 0.144. The molecule has 0 radical (unpaired) electrons. The van der Waals surface area contributed by atoms with E-state index in [9.17, 15) is 0 Å². The summed E-state index contributed by atoms with van der Waals surface area (Å²) in [6.45, 7) is 1.65. The molecule has 0 saturated carbocycles. The summed E-state index contributed by atoms with van der Waals surface area (Å²) in [6.07, 6.45) is 0.278. The molecule has 5 nitrogen and oxygen atoms in total. The first-order valence-electron chi connectivity index (χ1n) is 2.82. The van der Waals surface area contributed by atoms with Gasteiger partial charge in [0.1, 0.15) is 0 Å². The van der Waals surface area contributed by atoms with E-state index in [-0.39, 0.29) is 6.29 Å². The first-order valence-corrected chi connectivity index (χ1v) is 2.82. The third-order valence-electron chi connectivity index (χ3n) is 0.521. The summed E-state index contributed by atoms with van der Waals surface area (Å²) < 4.78 is 0. The van der Waals surface area contributed by atoms with E-state index in [1.54, 1.807) is 0 Å². The van der Waals surface area contributed by atoms with E-state index < -0.39 is 5.84 Å². The van der Waals surface area contributed by atoms with Crippen LogP contribution in [0.25, 0.3) is 0 Å². The topological polar surface area (TPSA) is 105 Å². The summed E-state index contributed by atoms with van der Waals surface area (Å²) in [5, 5.41) is 9.05. The van der Waals surface area contributed by atoms with Crippen LogP contribution in [0.4, 0.5) is 0 Å². The van der Waals surface area contributed by atoms with Gasteiger partial charge in [0.25, 0.3) is 0 Å². The second-order valence-corrected chi connectivity index (χ2v) is 1.47. The molecule has 5 heteroatoms. The van der Waals surface area contributed by atoms with Gasteiger partial charge >= 0.3 is 0 Å². The molecule has 0 rings (SSSR count). The van der Waals surface area contributed by atoms with Crippen LogP contribution in [0.1, 0.15) is 0 Å². The Labute approximate surface area is 60.3 Å². The van der Waals surface area contributed by atoms with Crippen molar-refractivity contribution >= 4 is 12.1 Å². The SMILES string of the molecule is CNCCN.N=C(N)C=O. The smallest absolute Gasteiger partial charge is 0.184 e. The molecule has 0 aromatic heterocycles. The van der Waals surface area contributed by atoms with Crippen molar-refractivity contribution in [1.29, 1.82) is 5.41 Å². The van der Waals surface area contributed by atoms with Crippen molar-refractivity contribution in [3.05, 3.63) is 0 Å². The number of nitrogens with two attached hydrogens (primary N) is 2. The van der Waals surface area contributed by atoms with Crippen LogP contribution in [0.5, 0.6) is 0 Å². The fourth-order valence-corrected chi connectivity index (χ4v) is 0.144. The first-order chi connectivity index (χ1) is 4.68. The Bertz CT molecular complexity index is 91.6. The van der Waals surface area contributed by atoms with Crippen molar-refractivity contribution < 1.29 is 4.79 Å². The lowest BCUT2D eigenvalue weighted by molar-refractivity contribution is -0.102. The Balaban J connectivity index is 0. The second-order valence-electron chi connectivity index (χ2n) is 1.47. The van der Waals surface area contributed by atoms with Crippen LogP contribution in [0, 0.1) is 5.41 Å². The summed E-state index contributed by atoms with van der Waals surface area (Å²) in [5.74, 6) is -0.426. The molecule has 0 aromatic carbocycles. The maximum absolute atomic E-state index is 9.16. The average molecular weight is 146 g/mol. The number of rotatable bonds is 3. The minimum absolute atomic E-state index is 0.278. The van der Waals surface area contributed by atoms with Crippen LogP contribution in [0.3, 0.4) is 0 Å². The summed E-state index contributed by atoms with van der Waals surface area (Å²) in [5.41, 5.74) is 9.58. The highest BCUT2D eigenvalue weighted by Crippen LogP contribution is 1.37. The molecule has 0 saturated heterocycles. The van der Waals surface area contributed by atoms with Crippen LogP contribution < -0.4 is 16.8 Å². The van der Waals surface area contributed by atoms with Gasteiger partial charge in [-0.15, -0.1) is 0 Å². The zero-order valence-corrected chi connectivity index (χ0v) is 6.05. The van der Waals surface area contributed by atoms with Crippen LogP contribution in [-0.4, -0.2) is 32.3 Å². The highest BCUT2D eigenvalue weighted by atomic mass is 16.1. The van der Waals surface area contributed by atoms with E-state index >= 15 is 0 Å². The molecule has 0 bridgehead atoms. The van der Waals surface area contributed by atoms with E-state index in [4.69, 9.17) is 15.9 Å². The molecule has 0 aliphatic heterocycles. The highest BCUT2D eigenvalue weighted by molar-refractivity contribution is 6.24. The molecule has 0 aromatic rings. The minimum atomic E-state index is -0.426. The summed E-state index contributed by atoms with van der Waals surface area (Å²) >= 11 is 0. The van der Waals surface area contributed by atoms with E-state index in [0.29, 0.717) is 0 Å². The second kappa shape index (κ2) is 10.9. The predicted molar refractivity (Wildman–Crippen MR) is 41.0 cm³/mol. The standard InChI is InChI=1S/C3H10N2.C2H4N2O/c1-5-3-2-4;3-2(4)1-5/h5H,2-4H2,1H3;1H,(H3,3,4). The molecule has 60 valence electrons. The quantitative estimate of drug-likeness (QED) is 0.216. The first kappa shape index (κ1) is 11.8. The molecule has 0 heterocycles. The molecule has 0 aliphatic rings. The normalized spacial score (nSPS) is 7.40. The van der Waals surface area contributed by atoms with Gasteiger partial charge in [-0.05, 0) is 7.05 Å². The third kappa shape index (κ3) is 27.7. The number of carbonyl (C=O) groups is 1. The van der Waals surface area contributed by atoms with Gasteiger partial charge in [-0.3, -0.25) is 10.2 Å². The molecule has 0 aliphatic carbocycles. The van der Waals surface area contributed by atoms with Crippen molar-refractivity contribution in [3.8, 4) is 0 Å². The van der Waals surface area contributed by atoms with Crippen molar-refractivity contribution in [1.82, 2.24) is 5.32 Å². The lowest BCUT2D eigenvalue weighted by atomic mass is 10.7. The maximum atomic E-state index is 9.16. The van der Waals surface area contributed by atoms with Gasteiger partial charge in [-0.2, -0.15) is 0 Å². The predicted octanol–water partition coefficient (Wildman–Crippen LogP) is -1.71. The molecular weight excluding hydrogens is 132 g/mol. The summed E-state index contributed by atoms with van der Waals surface area (Å²) in [4.78, 5) is 9.16. The lowest BCUT2D eigenvalue weighted by Gasteiger charge is -1.85. The molecule has 0 amide bonds. The van der Waals surface area contributed by atoms with E-state index in [1.165, 1.54) is 0 Å². The molecule has 0 fully saturated rings. The number of aldehydes is 1. The van der Waals surface area contributed by atoms with Gasteiger partial charge in [-0.1, -0.05) is 0 Å². The average Bonchev–Trinajstić information content (AvgIpc) is 1.91. The van der Waals surface area contributed by atoms with Crippen LogP contribution >= 0.6 is 0 Å². The molecule has 10 heavy (non-hydrogen) atoms. The van der Waals surface area contributed by atoms with E-state index in [0.717, 1.165) is 13.1 Å². The Morgan fingerprint density at radius 1 is 1.80 bits per heavy atom. The number of hydrogen-bond acceptors (Lipinski definition) is 4. The number of carbonyl (C=O) groups excluding carboxylic acids is 1. The number of likely N-dealkylation sites (N-methyl/N-ethyl adjacent to an activating group) is 1. The summed E-state index contributed by atoms with van der Waals surface area (Å²) in [7, 11) is 1.88. The van der Waals surface area contributed by atoms with E-state index in [1.807, 2.05) is 7.05 Å². The van der Waals surface area contributed by atoms with Gasteiger partial charge in [0.15, 0.2) is 12.1 Å². The lowest BCUT2D eigenvalue weighted by Crippen LogP contribution is -2.17. The minimum Gasteiger partial charge on any atom is -0.381 e. The van der Waals surface area contributed by atoms with Crippen molar-refractivity contribution in [2.24, 2.45) is 11.5 Å². The number of amidine groups is 1. The fraction of sp³-hybridized carbons (Fsp3) is 0.600. The third-order valence-corrected chi connectivity index (χ3v) is 0.521. The van der Waals surface area contributed by atoms with Gasteiger partial charge < -0.3 is 16.8 Å². The molecular formula is C5H14N4O. The van der Waals surface area contributed by atoms with Crippen molar-refractivity contribution in [2.75, 3.05) is 20.1 Å². The summed E-state index contributed by atoms with van der Waals surface area (Å²) in [6, 6.07) is 0. The highest BCUT2D eigenvalue weighted by Gasteiger charge is 1.69. The van der Waals surface area contributed by atoms with Crippen molar-refractivity contribution in [2.45, 2.75) is 0 Å². The number of hydrogen-bond donors (Lipinski definition) is 4. The van der Waals surface area contributed by atoms with E-state index in [2.05, 4.69) is 11.1 Å². The van der Waals surface area contributed by atoms with Crippen LogP contribution in [-0.2, 0) is 4.79 Å². The van der Waals surface area contributed by atoms with Gasteiger partial charge in [0.2, 0.25) is 0 Å². The Morgan fingerprint density at radius 3 is 2.20 bits per heavy atom. The van der Waals surface area contributed by atoms with Gasteiger partial charge in [0.05, 0.1) is 0 Å².